The van der Waals surface area contributed by atoms with Gasteiger partial charge in [-0.3, -0.25) is 10.2 Å². The van der Waals surface area contributed by atoms with E-state index < -0.39 is 17.5 Å². The molecule has 1 aromatic heterocycles. The van der Waals surface area contributed by atoms with Crippen molar-refractivity contribution in [3.05, 3.63) is 52.1 Å². The molecule has 2 aromatic rings. The van der Waals surface area contributed by atoms with Crippen LogP contribution in [0.5, 0.6) is 5.75 Å². The number of aromatic nitrogens is 1. The van der Waals surface area contributed by atoms with Crippen molar-refractivity contribution < 1.29 is 14.3 Å². The van der Waals surface area contributed by atoms with E-state index in [1.165, 1.54) is 17.5 Å². The van der Waals surface area contributed by atoms with Crippen LogP contribution >= 0.6 is 11.3 Å². The Bertz CT molecular complexity index is 960. The molecule has 2 heterocycles. The van der Waals surface area contributed by atoms with Gasteiger partial charge in [-0.25, -0.2) is 9.78 Å². The van der Waals surface area contributed by atoms with Crippen molar-refractivity contribution in [2.45, 2.75) is 19.4 Å². The molecule has 0 unspecified atom stereocenters. The Balaban J connectivity index is 1.83. The lowest BCUT2D eigenvalue weighted by Crippen LogP contribution is -2.43. The maximum absolute atomic E-state index is 12.9. The third-order valence-electron chi connectivity index (χ3n) is 4.17. The summed E-state index contributed by atoms with van der Waals surface area (Å²) in [6, 6.07) is 8.27. The highest BCUT2D eigenvalue weighted by Gasteiger charge is 2.49. The Labute approximate surface area is 160 Å². The molecule has 27 heavy (non-hydrogen) atoms. The Hall–Kier alpha value is -3.38. The van der Waals surface area contributed by atoms with Gasteiger partial charge in [-0.1, -0.05) is 12.1 Å². The van der Waals surface area contributed by atoms with E-state index in [1.807, 2.05) is 18.4 Å². The number of aryl methyl sites for hydroxylation is 1. The fourth-order valence-electron chi connectivity index (χ4n) is 2.62. The zero-order chi connectivity index (χ0) is 19.6. The second-order valence-corrected chi connectivity index (χ2v) is 6.88. The number of allylic oxidation sites excluding steroid dienone is 1. The van der Waals surface area contributed by atoms with Gasteiger partial charge in [-0.15, -0.1) is 11.3 Å². The molecule has 9 heteroatoms. The van der Waals surface area contributed by atoms with Gasteiger partial charge in [0.15, 0.2) is 0 Å². The first kappa shape index (κ1) is 18.4. The van der Waals surface area contributed by atoms with Gasteiger partial charge in [-0.2, -0.15) is 10.3 Å². The Kier molecular flexibility index (Phi) is 4.83. The van der Waals surface area contributed by atoms with Crippen molar-refractivity contribution in [1.29, 1.82) is 5.26 Å². The smallest absolute Gasteiger partial charge is 0.344 e. The highest BCUT2D eigenvalue weighted by atomic mass is 32.1. The van der Waals surface area contributed by atoms with Crippen LogP contribution in [-0.4, -0.2) is 29.0 Å². The topological polar surface area (TPSA) is 107 Å². The van der Waals surface area contributed by atoms with Gasteiger partial charge in [0.1, 0.15) is 27.9 Å². The molecule has 1 aromatic carbocycles. The highest BCUT2D eigenvalue weighted by molar-refractivity contribution is 7.10. The number of methoxy groups -OCH3 is 1. The van der Waals surface area contributed by atoms with Crippen LogP contribution in [0, 0.1) is 18.3 Å². The standard InChI is InChI=1S/C18H17N5O3S/c1-11-10-27-15(21-11)12(8-19)9-20-23-16(24)18(2,22-17(23)25)13-4-6-14(26-3)7-5-13/h4-7,9-10,20H,1-3H3,(H,22,25)/b12-9+/t18-/m1/s1. The molecule has 1 aliphatic heterocycles. The molecule has 1 saturated heterocycles. The number of amides is 3. The van der Waals surface area contributed by atoms with Crippen LogP contribution in [0.15, 0.2) is 35.8 Å². The van der Waals surface area contributed by atoms with Crippen LogP contribution < -0.4 is 15.5 Å². The zero-order valence-electron chi connectivity index (χ0n) is 14.9. The number of nitrogens with zero attached hydrogens (tertiary/aromatic N) is 3. The monoisotopic (exact) mass is 383 g/mol. The number of rotatable bonds is 5. The summed E-state index contributed by atoms with van der Waals surface area (Å²) in [6.07, 6.45) is 1.30. The average molecular weight is 383 g/mol. The SMILES string of the molecule is COc1ccc([C@@]2(C)NC(=O)N(N/C=C(\C#N)c3nc(C)cs3)C2=O)cc1. The summed E-state index contributed by atoms with van der Waals surface area (Å²) >= 11 is 1.31. The summed E-state index contributed by atoms with van der Waals surface area (Å²) in [5.41, 5.74) is 3.02. The quantitative estimate of drug-likeness (QED) is 0.606. The van der Waals surface area contributed by atoms with Gasteiger partial charge in [0.2, 0.25) is 0 Å². The summed E-state index contributed by atoms with van der Waals surface area (Å²) in [7, 11) is 1.55. The largest absolute Gasteiger partial charge is 0.497 e. The molecule has 3 amide bonds. The minimum atomic E-state index is -1.23. The number of ether oxygens (including phenoxy) is 1. The van der Waals surface area contributed by atoms with E-state index in [0.717, 1.165) is 10.7 Å². The molecule has 1 aliphatic rings. The minimum absolute atomic E-state index is 0.228. The molecule has 3 rings (SSSR count). The van der Waals surface area contributed by atoms with Gasteiger partial charge < -0.3 is 10.1 Å². The molecule has 0 spiro atoms. The van der Waals surface area contributed by atoms with Crippen molar-refractivity contribution in [3.63, 3.8) is 0 Å². The number of urea groups is 1. The molecule has 8 nitrogen and oxygen atoms in total. The van der Waals surface area contributed by atoms with E-state index in [9.17, 15) is 14.9 Å². The normalized spacial score (nSPS) is 19.6. The first-order valence-corrected chi connectivity index (χ1v) is 8.87. The van der Waals surface area contributed by atoms with Crippen molar-refractivity contribution in [2.24, 2.45) is 0 Å². The average Bonchev–Trinajstić information content (AvgIpc) is 3.19. The number of hydrazine groups is 1. The Morgan fingerprint density at radius 2 is 2.11 bits per heavy atom. The van der Waals surface area contributed by atoms with E-state index in [1.54, 1.807) is 38.3 Å². The van der Waals surface area contributed by atoms with Gasteiger partial charge >= 0.3 is 6.03 Å². The summed E-state index contributed by atoms with van der Waals surface area (Å²) in [5, 5.41) is 15.2. The first-order valence-electron chi connectivity index (χ1n) is 7.99. The molecule has 0 bridgehead atoms. The number of nitrogens with one attached hydrogen (secondary N) is 2. The molecular weight excluding hydrogens is 366 g/mol. The molecular formula is C18H17N5O3S. The number of carbonyl (C=O) groups excluding carboxylic acids is 2. The fourth-order valence-corrected chi connectivity index (χ4v) is 3.39. The maximum atomic E-state index is 12.9. The van der Waals surface area contributed by atoms with Crippen LogP contribution in [0.4, 0.5) is 4.79 Å². The van der Waals surface area contributed by atoms with Crippen molar-refractivity contribution >= 4 is 28.8 Å². The lowest BCUT2D eigenvalue weighted by Gasteiger charge is -2.22. The number of carbonyl (C=O) groups is 2. The second-order valence-electron chi connectivity index (χ2n) is 6.02. The van der Waals surface area contributed by atoms with E-state index in [4.69, 9.17) is 4.74 Å². The van der Waals surface area contributed by atoms with Crippen LogP contribution in [0.1, 0.15) is 23.2 Å². The lowest BCUT2D eigenvalue weighted by molar-refractivity contribution is -0.132. The first-order chi connectivity index (χ1) is 12.9. The van der Waals surface area contributed by atoms with Gasteiger partial charge in [0.05, 0.1) is 7.11 Å². The summed E-state index contributed by atoms with van der Waals surface area (Å²) in [6.45, 7) is 3.44. The summed E-state index contributed by atoms with van der Waals surface area (Å²) in [4.78, 5) is 29.4. The molecule has 0 radical (unpaired) electrons. The van der Waals surface area contributed by atoms with Crippen LogP contribution in [-0.2, 0) is 10.3 Å². The van der Waals surface area contributed by atoms with Crippen molar-refractivity contribution in [1.82, 2.24) is 20.7 Å². The van der Waals surface area contributed by atoms with Crippen LogP contribution in [0.25, 0.3) is 5.57 Å². The van der Waals surface area contributed by atoms with Crippen LogP contribution in [0.3, 0.4) is 0 Å². The number of benzene rings is 1. The zero-order valence-corrected chi connectivity index (χ0v) is 15.8. The molecule has 1 fully saturated rings. The summed E-state index contributed by atoms with van der Waals surface area (Å²) < 4.78 is 5.12. The predicted octanol–water partition coefficient (Wildman–Crippen LogP) is 2.30. The molecule has 2 N–H and O–H groups in total. The van der Waals surface area contributed by atoms with E-state index in [2.05, 4.69) is 15.7 Å². The number of nitriles is 1. The number of hydrogen-bond acceptors (Lipinski definition) is 7. The van der Waals surface area contributed by atoms with E-state index >= 15 is 0 Å². The Morgan fingerprint density at radius 3 is 2.67 bits per heavy atom. The fraction of sp³-hybridized carbons (Fsp3) is 0.222. The predicted molar refractivity (Wildman–Crippen MR) is 99.3 cm³/mol. The van der Waals surface area contributed by atoms with Crippen molar-refractivity contribution in [3.8, 4) is 11.8 Å². The molecule has 0 saturated carbocycles. The van der Waals surface area contributed by atoms with Gasteiger partial charge in [-0.05, 0) is 31.5 Å². The highest BCUT2D eigenvalue weighted by Crippen LogP contribution is 2.29. The van der Waals surface area contributed by atoms with Gasteiger partial charge in [0.25, 0.3) is 5.91 Å². The number of imide groups is 1. The maximum Gasteiger partial charge on any atom is 0.344 e. The third-order valence-corrected chi connectivity index (χ3v) is 5.16. The molecule has 1 atom stereocenters. The third kappa shape index (κ3) is 3.35. The van der Waals surface area contributed by atoms with Gasteiger partial charge in [0, 0.05) is 17.3 Å². The van der Waals surface area contributed by atoms with Crippen molar-refractivity contribution in [2.75, 3.05) is 7.11 Å². The lowest BCUT2D eigenvalue weighted by atomic mass is 9.92. The number of thiazole rings is 1. The van der Waals surface area contributed by atoms with E-state index in [-0.39, 0.29) is 5.57 Å². The van der Waals surface area contributed by atoms with E-state index in [0.29, 0.717) is 16.3 Å². The molecule has 138 valence electrons. The second kappa shape index (κ2) is 7.09. The Morgan fingerprint density at radius 1 is 1.41 bits per heavy atom. The molecule has 0 aliphatic carbocycles. The summed E-state index contributed by atoms with van der Waals surface area (Å²) in [5.74, 6) is 0.163. The van der Waals surface area contributed by atoms with Crippen LogP contribution in [0.2, 0.25) is 0 Å². The number of hydrogen-bond donors (Lipinski definition) is 2. The minimum Gasteiger partial charge on any atom is -0.497 e.